The first-order valence-electron chi connectivity index (χ1n) is 3.82. The molecule has 0 radical (unpaired) electrons. The maximum atomic E-state index is 12.0. The molecule has 0 spiro atoms. The first-order chi connectivity index (χ1) is 7.39. The predicted molar refractivity (Wildman–Crippen MR) is 55.6 cm³/mol. The Balaban J connectivity index is 3.19. The number of rotatable bonds is 3. The number of pyridine rings is 1. The van der Waals surface area contributed by atoms with E-state index in [0.29, 0.717) is 6.29 Å². The van der Waals surface area contributed by atoms with Crippen molar-refractivity contribution in [1.82, 2.24) is 4.98 Å². The molecule has 8 heteroatoms. The summed E-state index contributed by atoms with van der Waals surface area (Å²) < 4.78 is 44.4. The van der Waals surface area contributed by atoms with Gasteiger partial charge in [-0.3, -0.25) is 4.79 Å². The maximum Gasteiger partial charge on any atom is 0.573 e. The number of aromatic nitrogens is 1. The SMILES string of the molecule is COc1c(C=O)ncc(OC(F)(F)F)c1I. The van der Waals surface area contributed by atoms with Crippen LogP contribution in [0.15, 0.2) is 6.20 Å². The summed E-state index contributed by atoms with van der Waals surface area (Å²) in [6.07, 6.45) is -3.60. The van der Waals surface area contributed by atoms with Crippen LogP contribution in [0.5, 0.6) is 11.5 Å². The predicted octanol–water partition coefficient (Wildman–Crippen LogP) is 2.41. The van der Waals surface area contributed by atoms with Crippen molar-refractivity contribution < 1.29 is 27.4 Å². The number of ether oxygens (including phenoxy) is 2. The van der Waals surface area contributed by atoms with Crippen LogP contribution in [0.4, 0.5) is 13.2 Å². The van der Waals surface area contributed by atoms with Gasteiger partial charge in [0.1, 0.15) is 9.26 Å². The standard InChI is InChI=1S/C8H5F3INO3/c1-15-7-4(3-14)13-2-5(6(7)12)16-8(9,10)11/h2-3H,1H3. The average molecular weight is 347 g/mol. The zero-order valence-electron chi connectivity index (χ0n) is 7.84. The number of carbonyl (C=O) groups is 1. The Kier molecular flexibility index (Phi) is 3.94. The first-order valence-corrected chi connectivity index (χ1v) is 4.90. The van der Waals surface area contributed by atoms with Gasteiger partial charge in [0.15, 0.2) is 17.8 Å². The van der Waals surface area contributed by atoms with E-state index in [1.165, 1.54) is 7.11 Å². The van der Waals surface area contributed by atoms with E-state index in [2.05, 4.69) is 9.72 Å². The number of nitrogens with zero attached hydrogens (tertiary/aromatic N) is 1. The first kappa shape index (κ1) is 13.0. The van der Waals surface area contributed by atoms with E-state index in [4.69, 9.17) is 4.74 Å². The number of alkyl halides is 3. The Hall–Kier alpha value is -1.06. The molecule has 1 aromatic heterocycles. The van der Waals surface area contributed by atoms with Crippen molar-refractivity contribution in [2.24, 2.45) is 0 Å². The van der Waals surface area contributed by atoms with Crippen molar-refractivity contribution in [2.45, 2.75) is 6.36 Å². The third-order valence-corrected chi connectivity index (χ3v) is 2.53. The molecule has 0 aliphatic heterocycles. The fourth-order valence-corrected chi connectivity index (χ4v) is 1.69. The van der Waals surface area contributed by atoms with Crippen LogP contribution < -0.4 is 9.47 Å². The molecular formula is C8H5F3INO3. The zero-order chi connectivity index (χ0) is 12.3. The molecule has 0 unspecified atom stereocenters. The fourth-order valence-electron chi connectivity index (χ4n) is 0.942. The summed E-state index contributed by atoms with van der Waals surface area (Å²) in [6, 6.07) is 0. The second-order valence-electron chi connectivity index (χ2n) is 2.52. The fraction of sp³-hybridized carbons (Fsp3) is 0.250. The van der Waals surface area contributed by atoms with Gasteiger partial charge in [-0.05, 0) is 22.6 Å². The van der Waals surface area contributed by atoms with Crippen molar-refractivity contribution in [3.05, 3.63) is 15.5 Å². The summed E-state index contributed by atoms with van der Waals surface area (Å²) in [7, 11) is 1.23. The quantitative estimate of drug-likeness (QED) is 0.623. The summed E-state index contributed by atoms with van der Waals surface area (Å²) >= 11 is 1.58. The number of methoxy groups -OCH3 is 1. The number of hydrogen-bond acceptors (Lipinski definition) is 4. The highest BCUT2D eigenvalue weighted by Gasteiger charge is 2.33. The molecule has 16 heavy (non-hydrogen) atoms. The Morgan fingerprint density at radius 3 is 2.56 bits per heavy atom. The van der Waals surface area contributed by atoms with Gasteiger partial charge in [-0.2, -0.15) is 0 Å². The van der Waals surface area contributed by atoms with E-state index in [0.717, 1.165) is 6.20 Å². The lowest BCUT2D eigenvalue weighted by atomic mass is 10.3. The molecule has 0 N–H and O–H groups in total. The maximum absolute atomic E-state index is 12.0. The van der Waals surface area contributed by atoms with E-state index in [9.17, 15) is 18.0 Å². The van der Waals surface area contributed by atoms with Crippen molar-refractivity contribution in [2.75, 3.05) is 7.11 Å². The summed E-state index contributed by atoms with van der Waals surface area (Å²) in [6.45, 7) is 0. The Bertz CT molecular complexity index is 408. The Morgan fingerprint density at radius 2 is 2.12 bits per heavy atom. The largest absolute Gasteiger partial charge is 0.573 e. The normalized spacial score (nSPS) is 11.1. The third kappa shape index (κ3) is 2.97. The van der Waals surface area contributed by atoms with Crippen molar-refractivity contribution in [1.29, 1.82) is 0 Å². The Morgan fingerprint density at radius 1 is 1.50 bits per heavy atom. The van der Waals surface area contributed by atoms with Crippen LogP contribution in [0.1, 0.15) is 10.5 Å². The Labute approximate surface area is 102 Å². The van der Waals surface area contributed by atoms with Crippen molar-refractivity contribution in [3.8, 4) is 11.5 Å². The lowest BCUT2D eigenvalue weighted by molar-refractivity contribution is -0.275. The summed E-state index contributed by atoms with van der Waals surface area (Å²) in [5.41, 5.74) is -0.0820. The van der Waals surface area contributed by atoms with Gasteiger partial charge in [0, 0.05) is 0 Å². The molecule has 88 valence electrons. The van der Waals surface area contributed by atoms with Gasteiger partial charge >= 0.3 is 6.36 Å². The van der Waals surface area contributed by atoms with Crippen LogP contribution in [0.2, 0.25) is 0 Å². The molecule has 0 fully saturated rings. The van der Waals surface area contributed by atoms with Gasteiger partial charge in [0.25, 0.3) is 0 Å². The zero-order valence-corrected chi connectivity index (χ0v) is 10.00. The second kappa shape index (κ2) is 4.85. The van der Waals surface area contributed by atoms with Crippen LogP contribution in [-0.4, -0.2) is 24.7 Å². The molecule has 0 amide bonds. The van der Waals surface area contributed by atoms with Gasteiger partial charge < -0.3 is 9.47 Å². The molecule has 0 saturated carbocycles. The number of hydrogen-bond donors (Lipinski definition) is 0. The molecule has 0 bridgehead atoms. The van der Waals surface area contributed by atoms with Crippen LogP contribution in [0, 0.1) is 3.57 Å². The molecule has 0 saturated heterocycles. The van der Waals surface area contributed by atoms with E-state index in [1.807, 2.05) is 0 Å². The number of aldehydes is 1. The highest BCUT2D eigenvalue weighted by Crippen LogP contribution is 2.34. The van der Waals surface area contributed by atoms with Gasteiger partial charge in [0.2, 0.25) is 0 Å². The lowest BCUT2D eigenvalue weighted by Gasteiger charge is -2.12. The van der Waals surface area contributed by atoms with E-state index >= 15 is 0 Å². The molecule has 0 aliphatic rings. The van der Waals surface area contributed by atoms with E-state index < -0.39 is 12.1 Å². The van der Waals surface area contributed by atoms with Crippen molar-refractivity contribution >= 4 is 28.9 Å². The summed E-state index contributed by atoms with van der Waals surface area (Å²) in [4.78, 5) is 14.0. The van der Waals surface area contributed by atoms with Crippen LogP contribution in [0.3, 0.4) is 0 Å². The summed E-state index contributed by atoms with van der Waals surface area (Å²) in [5, 5.41) is 0. The van der Waals surface area contributed by atoms with Gasteiger partial charge in [-0.25, -0.2) is 4.98 Å². The van der Waals surface area contributed by atoms with Gasteiger partial charge in [0.05, 0.1) is 13.3 Å². The van der Waals surface area contributed by atoms with Gasteiger partial charge in [-0.1, -0.05) is 0 Å². The minimum absolute atomic E-state index is 0.0366. The van der Waals surface area contributed by atoms with E-state index in [1.54, 1.807) is 22.6 Å². The minimum atomic E-state index is -4.81. The van der Waals surface area contributed by atoms with Crippen LogP contribution in [-0.2, 0) is 0 Å². The van der Waals surface area contributed by atoms with Gasteiger partial charge in [-0.15, -0.1) is 13.2 Å². The molecule has 1 heterocycles. The molecule has 1 aromatic rings. The molecule has 4 nitrogen and oxygen atoms in total. The molecule has 0 aliphatic carbocycles. The lowest BCUT2D eigenvalue weighted by Crippen LogP contribution is -2.18. The van der Waals surface area contributed by atoms with Crippen molar-refractivity contribution in [3.63, 3.8) is 0 Å². The summed E-state index contributed by atoms with van der Waals surface area (Å²) in [5.74, 6) is -0.548. The minimum Gasteiger partial charge on any atom is -0.493 e. The molecular weight excluding hydrogens is 342 g/mol. The third-order valence-electron chi connectivity index (χ3n) is 1.51. The molecule has 0 aromatic carbocycles. The molecule has 1 rings (SSSR count). The smallest absolute Gasteiger partial charge is 0.493 e. The average Bonchev–Trinajstić information content (AvgIpc) is 2.19. The monoisotopic (exact) mass is 347 g/mol. The number of carbonyl (C=O) groups excluding carboxylic acids is 1. The highest BCUT2D eigenvalue weighted by molar-refractivity contribution is 14.1. The van der Waals surface area contributed by atoms with Crippen LogP contribution >= 0.6 is 22.6 Å². The number of halogens is 4. The highest BCUT2D eigenvalue weighted by atomic mass is 127. The van der Waals surface area contributed by atoms with E-state index in [-0.39, 0.29) is 15.0 Å². The molecule has 0 atom stereocenters. The second-order valence-corrected chi connectivity index (χ2v) is 3.60. The topological polar surface area (TPSA) is 48.4 Å². The van der Waals surface area contributed by atoms with Crippen LogP contribution in [0.25, 0.3) is 0 Å².